The van der Waals surface area contributed by atoms with Gasteiger partial charge in [0.15, 0.2) is 5.17 Å². The number of carbonyl (C=O) groups is 1. The molecule has 1 saturated heterocycles. The summed E-state index contributed by atoms with van der Waals surface area (Å²) in [6.07, 6.45) is 3.57. The molecule has 1 amide bonds. The molecule has 4 nitrogen and oxygen atoms in total. The number of hydrogen-bond donors (Lipinski definition) is 0. The van der Waals surface area contributed by atoms with Crippen molar-refractivity contribution < 1.29 is 9.21 Å². The molecule has 0 atom stereocenters. The van der Waals surface area contributed by atoms with Crippen LogP contribution in [0.2, 0.25) is 0 Å². The first-order chi connectivity index (χ1) is 14.3. The highest BCUT2D eigenvalue weighted by Gasteiger charge is 2.34. The van der Waals surface area contributed by atoms with Crippen molar-refractivity contribution in [3.8, 4) is 0 Å². The predicted molar refractivity (Wildman–Crippen MR) is 119 cm³/mol. The summed E-state index contributed by atoms with van der Waals surface area (Å²) in [7, 11) is 0. The Kier molecular flexibility index (Phi) is 4.50. The normalized spacial score (nSPS) is 17.0. The first-order valence-electron chi connectivity index (χ1n) is 9.18. The summed E-state index contributed by atoms with van der Waals surface area (Å²) in [6.45, 7) is 0. The summed E-state index contributed by atoms with van der Waals surface area (Å²) >= 11 is 1.38. The second-order valence-corrected chi connectivity index (χ2v) is 7.54. The van der Waals surface area contributed by atoms with Gasteiger partial charge in [0.1, 0.15) is 5.58 Å². The minimum absolute atomic E-state index is 0.0804. The first-order valence-corrected chi connectivity index (χ1v) is 10.00. The van der Waals surface area contributed by atoms with Crippen molar-refractivity contribution >= 4 is 51.3 Å². The van der Waals surface area contributed by atoms with Gasteiger partial charge in [0.25, 0.3) is 5.91 Å². The molecule has 1 aromatic heterocycles. The largest absolute Gasteiger partial charge is 0.464 e. The molecular formula is C24H16N2O2S. The van der Waals surface area contributed by atoms with E-state index in [1.165, 1.54) is 11.8 Å². The van der Waals surface area contributed by atoms with Crippen LogP contribution in [0, 0.1) is 0 Å². The topological polar surface area (TPSA) is 45.8 Å². The SMILES string of the molecule is O=C1/C(=C/c2ccc3occc3c2)SC(=Nc2ccccc2)N1c1ccccc1. The molecule has 1 fully saturated rings. The van der Waals surface area contributed by atoms with E-state index in [4.69, 9.17) is 9.41 Å². The van der Waals surface area contributed by atoms with Crippen molar-refractivity contribution in [1.29, 1.82) is 0 Å². The van der Waals surface area contributed by atoms with E-state index in [2.05, 4.69) is 0 Å². The van der Waals surface area contributed by atoms with Crippen LogP contribution in [0.5, 0.6) is 0 Å². The summed E-state index contributed by atoms with van der Waals surface area (Å²) in [6, 6.07) is 27.1. The standard InChI is InChI=1S/C24H16N2O2S/c27-23-22(16-17-11-12-21-18(15-17)13-14-28-21)29-24(25-19-7-3-1-4-8-19)26(23)20-9-5-2-6-10-20/h1-16H/b22-16-,25-24?. The van der Waals surface area contributed by atoms with Gasteiger partial charge in [-0.3, -0.25) is 9.69 Å². The number of para-hydroxylation sites is 2. The number of aliphatic imine (C=N–C) groups is 1. The fourth-order valence-electron chi connectivity index (χ4n) is 3.19. The maximum absolute atomic E-state index is 13.3. The Bertz CT molecular complexity index is 1240. The average Bonchev–Trinajstić information content (AvgIpc) is 3.34. The average molecular weight is 396 g/mol. The van der Waals surface area contributed by atoms with Crippen molar-refractivity contribution in [2.24, 2.45) is 4.99 Å². The van der Waals surface area contributed by atoms with Gasteiger partial charge < -0.3 is 4.42 Å². The zero-order chi connectivity index (χ0) is 19.6. The predicted octanol–water partition coefficient (Wildman–Crippen LogP) is 6.24. The number of amidine groups is 1. The van der Waals surface area contributed by atoms with E-state index >= 15 is 0 Å². The lowest BCUT2D eigenvalue weighted by molar-refractivity contribution is -0.113. The summed E-state index contributed by atoms with van der Waals surface area (Å²) in [5, 5.41) is 1.65. The Morgan fingerprint density at radius 2 is 1.66 bits per heavy atom. The highest BCUT2D eigenvalue weighted by atomic mass is 32.2. The summed E-state index contributed by atoms with van der Waals surface area (Å²) in [5.74, 6) is -0.0804. The van der Waals surface area contributed by atoms with Crippen LogP contribution in [0.25, 0.3) is 17.0 Å². The van der Waals surface area contributed by atoms with Gasteiger partial charge in [-0.25, -0.2) is 4.99 Å². The lowest BCUT2D eigenvalue weighted by Gasteiger charge is -2.15. The second-order valence-electron chi connectivity index (χ2n) is 6.53. The number of amides is 1. The van der Waals surface area contributed by atoms with E-state index < -0.39 is 0 Å². The fraction of sp³-hybridized carbons (Fsp3) is 0. The number of fused-ring (bicyclic) bond motifs is 1. The number of carbonyl (C=O) groups excluding carboxylic acids is 1. The van der Waals surface area contributed by atoms with E-state index in [9.17, 15) is 4.79 Å². The minimum atomic E-state index is -0.0804. The van der Waals surface area contributed by atoms with Gasteiger partial charge in [0.05, 0.1) is 22.5 Å². The van der Waals surface area contributed by atoms with Gasteiger partial charge in [-0.05, 0) is 65.9 Å². The number of nitrogens with zero attached hydrogens (tertiary/aromatic N) is 2. The third kappa shape index (κ3) is 3.48. The van der Waals surface area contributed by atoms with Crippen LogP contribution in [0.1, 0.15) is 5.56 Å². The summed E-state index contributed by atoms with van der Waals surface area (Å²) in [4.78, 5) is 20.3. The molecule has 5 rings (SSSR count). The number of rotatable bonds is 3. The van der Waals surface area contributed by atoms with Crippen molar-refractivity contribution in [1.82, 2.24) is 0 Å². The third-order valence-electron chi connectivity index (χ3n) is 4.58. The first kappa shape index (κ1) is 17.5. The Hall–Kier alpha value is -3.57. The number of hydrogen-bond acceptors (Lipinski definition) is 4. The van der Waals surface area contributed by atoms with E-state index in [0.29, 0.717) is 10.1 Å². The van der Waals surface area contributed by atoms with Crippen LogP contribution in [0.3, 0.4) is 0 Å². The quantitative estimate of drug-likeness (QED) is 0.385. The van der Waals surface area contributed by atoms with Crippen LogP contribution in [0.4, 0.5) is 11.4 Å². The lowest BCUT2D eigenvalue weighted by atomic mass is 10.1. The maximum Gasteiger partial charge on any atom is 0.271 e. The molecule has 0 saturated carbocycles. The number of benzene rings is 3. The highest BCUT2D eigenvalue weighted by Crippen LogP contribution is 2.37. The fourth-order valence-corrected chi connectivity index (χ4v) is 4.19. The van der Waals surface area contributed by atoms with E-state index in [0.717, 1.165) is 27.9 Å². The second kappa shape index (κ2) is 7.45. The zero-order valence-corrected chi connectivity index (χ0v) is 16.2. The lowest BCUT2D eigenvalue weighted by Crippen LogP contribution is -2.28. The van der Waals surface area contributed by atoms with Crippen LogP contribution >= 0.6 is 11.8 Å². The van der Waals surface area contributed by atoms with Crippen LogP contribution < -0.4 is 4.90 Å². The summed E-state index contributed by atoms with van der Waals surface area (Å²) in [5.41, 5.74) is 3.39. The number of thioether (sulfide) groups is 1. The van der Waals surface area contributed by atoms with Gasteiger partial charge in [-0.15, -0.1) is 0 Å². The van der Waals surface area contributed by atoms with Gasteiger partial charge in [0, 0.05) is 5.39 Å². The molecular weight excluding hydrogens is 380 g/mol. The molecule has 0 radical (unpaired) electrons. The Morgan fingerprint density at radius 1 is 0.897 bits per heavy atom. The molecule has 1 aliphatic heterocycles. The maximum atomic E-state index is 13.3. The summed E-state index contributed by atoms with van der Waals surface area (Å²) < 4.78 is 5.40. The number of anilines is 1. The van der Waals surface area contributed by atoms with Crippen molar-refractivity contribution in [3.05, 3.63) is 102 Å². The Labute approximate surface area is 172 Å². The molecule has 0 N–H and O–H groups in total. The van der Waals surface area contributed by atoms with Crippen molar-refractivity contribution in [2.75, 3.05) is 4.90 Å². The molecule has 1 aliphatic rings. The molecule has 0 spiro atoms. The molecule has 140 valence electrons. The van der Waals surface area contributed by atoms with Gasteiger partial charge >= 0.3 is 0 Å². The van der Waals surface area contributed by atoms with Gasteiger partial charge in [-0.1, -0.05) is 42.5 Å². The molecule has 0 bridgehead atoms. The number of furan rings is 1. The Balaban J connectivity index is 1.57. The van der Waals surface area contributed by atoms with E-state index in [1.54, 1.807) is 11.2 Å². The van der Waals surface area contributed by atoms with Crippen LogP contribution in [0.15, 0.2) is 106 Å². The zero-order valence-electron chi connectivity index (χ0n) is 15.4. The van der Waals surface area contributed by atoms with Crippen LogP contribution in [-0.2, 0) is 4.79 Å². The van der Waals surface area contributed by atoms with Crippen LogP contribution in [-0.4, -0.2) is 11.1 Å². The van der Waals surface area contributed by atoms with Gasteiger partial charge in [-0.2, -0.15) is 0 Å². The van der Waals surface area contributed by atoms with Crippen molar-refractivity contribution in [2.45, 2.75) is 0 Å². The molecule has 2 heterocycles. The molecule has 3 aromatic carbocycles. The Morgan fingerprint density at radius 3 is 2.45 bits per heavy atom. The van der Waals surface area contributed by atoms with Gasteiger partial charge in [0.2, 0.25) is 0 Å². The monoisotopic (exact) mass is 396 g/mol. The molecule has 5 heteroatoms. The smallest absolute Gasteiger partial charge is 0.271 e. The highest BCUT2D eigenvalue weighted by molar-refractivity contribution is 8.19. The molecule has 4 aromatic rings. The van der Waals surface area contributed by atoms with Crippen molar-refractivity contribution in [3.63, 3.8) is 0 Å². The van der Waals surface area contributed by atoms with E-state index in [-0.39, 0.29) is 5.91 Å². The minimum Gasteiger partial charge on any atom is -0.464 e. The molecule has 0 unspecified atom stereocenters. The third-order valence-corrected chi connectivity index (χ3v) is 5.54. The molecule has 0 aliphatic carbocycles. The van der Waals surface area contributed by atoms with E-state index in [1.807, 2.05) is 91.0 Å². The molecule has 29 heavy (non-hydrogen) atoms.